The van der Waals surface area contributed by atoms with Crippen LogP contribution in [0.1, 0.15) is 5.56 Å². The Balaban J connectivity index is 2.86. The number of alkyl halides is 3. The standard InChI is InChI=1S/C10H10Cl2F3NO3S2/c11-7-3-6(5-17)9(12)8(4-7)21(18,19)16-1-2-20-10(13,14)15/h3-4,16-17H,1-2,5H2. The minimum atomic E-state index is -4.43. The normalized spacial score (nSPS) is 12.7. The smallest absolute Gasteiger partial charge is 0.392 e. The van der Waals surface area contributed by atoms with E-state index in [2.05, 4.69) is 0 Å². The zero-order valence-electron chi connectivity index (χ0n) is 10.2. The third-order valence-corrected chi connectivity index (χ3v) is 5.20. The van der Waals surface area contributed by atoms with Crippen LogP contribution in [0.15, 0.2) is 17.0 Å². The second kappa shape index (κ2) is 7.38. The lowest BCUT2D eigenvalue weighted by Crippen LogP contribution is -2.27. The lowest BCUT2D eigenvalue weighted by Gasteiger charge is -2.11. The third-order valence-electron chi connectivity index (χ3n) is 2.20. The third kappa shape index (κ3) is 5.84. The summed E-state index contributed by atoms with van der Waals surface area (Å²) in [6, 6.07) is 2.35. The first kappa shape index (κ1) is 18.9. The van der Waals surface area contributed by atoms with E-state index < -0.39 is 39.3 Å². The molecule has 1 aromatic carbocycles. The van der Waals surface area contributed by atoms with E-state index in [0.29, 0.717) is 0 Å². The van der Waals surface area contributed by atoms with Crippen molar-refractivity contribution in [3.8, 4) is 0 Å². The van der Waals surface area contributed by atoms with Crippen molar-refractivity contribution in [2.75, 3.05) is 12.3 Å². The molecule has 21 heavy (non-hydrogen) atoms. The van der Waals surface area contributed by atoms with Gasteiger partial charge in [-0.05, 0) is 29.5 Å². The molecule has 0 radical (unpaired) electrons. The molecule has 0 bridgehead atoms. The first-order valence-electron chi connectivity index (χ1n) is 5.36. The molecule has 1 rings (SSSR count). The summed E-state index contributed by atoms with van der Waals surface area (Å²) in [5.74, 6) is -0.478. The molecule has 0 aliphatic heterocycles. The number of hydrogen-bond donors (Lipinski definition) is 2. The first-order valence-corrected chi connectivity index (χ1v) is 8.58. The van der Waals surface area contributed by atoms with Crippen LogP contribution in [0.25, 0.3) is 0 Å². The molecule has 0 amide bonds. The van der Waals surface area contributed by atoms with Crippen molar-refractivity contribution in [2.24, 2.45) is 0 Å². The van der Waals surface area contributed by atoms with Crippen LogP contribution < -0.4 is 4.72 Å². The van der Waals surface area contributed by atoms with Crippen LogP contribution in [-0.4, -0.2) is 31.3 Å². The number of halogens is 5. The Morgan fingerprint density at radius 1 is 1.29 bits per heavy atom. The largest absolute Gasteiger partial charge is 0.441 e. The number of rotatable bonds is 6. The highest BCUT2D eigenvalue weighted by Gasteiger charge is 2.28. The number of aliphatic hydroxyl groups excluding tert-OH is 1. The molecule has 0 unspecified atom stereocenters. The molecular weight excluding hydrogens is 374 g/mol. The van der Waals surface area contributed by atoms with E-state index in [-0.39, 0.29) is 27.4 Å². The van der Waals surface area contributed by atoms with Crippen molar-refractivity contribution >= 4 is 45.0 Å². The van der Waals surface area contributed by atoms with E-state index in [1.807, 2.05) is 4.72 Å². The molecule has 120 valence electrons. The molecule has 0 atom stereocenters. The van der Waals surface area contributed by atoms with Crippen LogP contribution in [0, 0.1) is 0 Å². The minimum Gasteiger partial charge on any atom is -0.392 e. The van der Waals surface area contributed by atoms with Gasteiger partial charge in [0.05, 0.1) is 11.6 Å². The lowest BCUT2D eigenvalue weighted by atomic mass is 10.2. The molecule has 4 nitrogen and oxygen atoms in total. The number of hydrogen-bond acceptors (Lipinski definition) is 4. The lowest BCUT2D eigenvalue weighted by molar-refractivity contribution is -0.0327. The van der Waals surface area contributed by atoms with Gasteiger partial charge in [0.1, 0.15) is 4.90 Å². The van der Waals surface area contributed by atoms with Crippen LogP contribution in [0.2, 0.25) is 10.0 Å². The molecule has 0 fully saturated rings. The second-order valence-electron chi connectivity index (χ2n) is 3.73. The number of thioether (sulfide) groups is 1. The Morgan fingerprint density at radius 3 is 2.43 bits per heavy atom. The summed E-state index contributed by atoms with van der Waals surface area (Å²) in [7, 11) is -4.12. The average molecular weight is 384 g/mol. The van der Waals surface area contributed by atoms with Crippen molar-refractivity contribution in [1.29, 1.82) is 0 Å². The van der Waals surface area contributed by atoms with Crippen LogP contribution in [0.4, 0.5) is 13.2 Å². The van der Waals surface area contributed by atoms with Gasteiger partial charge >= 0.3 is 5.51 Å². The second-order valence-corrected chi connectivity index (χ2v) is 7.44. The fraction of sp³-hybridized carbons (Fsp3) is 0.400. The molecule has 0 saturated carbocycles. The molecule has 11 heteroatoms. The van der Waals surface area contributed by atoms with E-state index in [4.69, 9.17) is 28.3 Å². The highest BCUT2D eigenvalue weighted by molar-refractivity contribution is 8.00. The summed E-state index contributed by atoms with van der Waals surface area (Å²) in [5, 5.41) is 8.86. The predicted octanol–water partition coefficient (Wildman–Crippen LogP) is 3.02. The quantitative estimate of drug-likeness (QED) is 0.741. The molecular formula is C10H10Cl2F3NO3S2. The van der Waals surface area contributed by atoms with Gasteiger partial charge in [0.15, 0.2) is 0 Å². The molecule has 0 saturated heterocycles. The van der Waals surface area contributed by atoms with E-state index in [1.54, 1.807) is 0 Å². The van der Waals surface area contributed by atoms with E-state index in [9.17, 15) is 21.6 Å². The van der Waals surface area contributed by atoms with E-state index in [0.717, 1.165) is 6.07 Å². The van der Waals surface area contributed by atoms with Gasteiger partial charge in [-0.15, -0.1) is 0 Å². The maximum absolute atomic E-state index is 12.0. The number of aliphatic hydroxyl groups is 1. The summed E-state index contributed by atoms with van der Waals surface area (Å²) >= 11 is 11.2. The van der Waals surface area contributed by atoms with Gasteiger partial charge in [0.2, 0.25) is 10.0 Å². The fourth-order valence-electron chi connectivity index (χ4n) is 1.35. The summed E-state index contributed by atoms with van der Waals surface area (Å²) < 4.78 is 61.7. The summed E-state index contributed by atoms with van der Waals surface area (Å²) in [6.45, 7) is -0.949. The molecule has 0 aliphatic carbocycles. The van der Waals surface area contributed by atoms with Crippen molar-refractivity contribution < 1.29 is 26.7 Å². The number of sulfonamides is 1. The van der Waals surface area contributed by atoms with Crippen LogP contribution in [0.5, 0.6) is 0 Å². The summed E-state index contributed by atoms with van der Waals surface area (Å²) in [6.07, 6.45) is 0. The molecule has 0 spiro atoms. The SMILES string of the molecule is O=S(=O)(NCCSC(F)(F)F)c1cc(Cl)cc(CO)c1Cl. The van der Waals surface area contributed by atoms with Gasteiger partial charge in [0.25, 0.3) is 0 Å². The van der Waals surface area contributed by atoms with Gasteiger partial charge in [-0.25, -0.2) is 13.1 Å². The van der Waals surface area contributed by atoms with Gasteiger partial charge in [-0.2, -0.15) is 13.2 Å². The van der Waals surface area contributed by atoms with E-state index in [1.165, 1.54) is 6.07 Å². The molecule has 2 N–H and O–H groups in total. The minimum absolute atomic E-state index is 0.0356. The molecule has 1 aromatic rings. The Labute approximate surface area is 133 Å². The van der Waals surface area contributed by atoms with Crippen molar-refractivity contribution in [3.63, 3.8) is 0 Å². The Bertz CT molecular complexity index is 608. The highest BCUT2D eigenvalue weighted by atomic mass is 35.5. The zero-order valence-corrected chi connectivity index (χ0v) is 13.4. The Hall–Kier alpha value is -0.190. The molecule has 0 heterocycles. The van der Waals surface area contributed by atoms with Crippen LogP contribution in [-0.2, 0) is 16.6 Å². The summed E-state index contributed by atoms with van der Waals surface area (Å²) in [4.78, 5) is -0.391. The van der Waals surface area contributed by atoms with Gasteiger partial charge in [-0.3, -0.25) is 0 Å². The van der Waals surface area contributed by atoms with Crippen molar-refractivity contribution in [3.05, 3.63) is 27.7 Å². The zero-order chi connectivity index (χ0) is 16.3. The van der Waals surface area contributed by atoms with Crippen LogP contribution >= 0.6 is 35.0 Å². The number of nitrogens with one attached hydrogen (secondary N) is 1. The van der Waals surface area contributed by atoms with Crippen molar-refractivity contribution in [2.45, 2.75) is 17.0 Å². The van der Waals surface area contributed by atoms with Gasteiger partial charge < -0.3 is 5.11 Å². The Kier molecular flexibility index (Phi) is 6.63. The first-order chi connectivity index (χ1) is 9.57. The maximum Gasteiger partial charge on any atom is 0.441 e. The maximum atomic E-state index is 12.0. The van der Waals surface area contributed by atoms with Crippen molar-refractivity contribution in [1.82, 2.24) is 4.72 Å². The molecule has 0 aromatic heterocycles. The molecule has 0 aliphatic rings. The van der Waals surface area contributed by atoms with Crippen LogP contribution in [0.3, 0.4) is 0 Å². The topological polar surface area (TPSA) is 66.4 Å². The van der Waals surface area contributed by atoms with E-state index >= 15 is 0 Å². The monoisotopic (exact) mass is 383 g/mol. The Morgan fingerprint density at radius 2 is 1.90 bits per heavy atom. The summed E-state index contributed by atoms with van der Waals surface area (Å²) in [5.41, 5.74) is -4.32. The van der Waals surface area contributed by atoms with Gasteiger partial charge in [-0.1, -0.05) is 23.2 Å². The average Bonchev–Trinajstić information content (AvgIpc) is 2.36. The predicted molar refractivity (Wildman–Crippen MR) is 76.1 cm³/mol. The van der Waals surface area contributed by atoms with Gasteiger partial charge in [0, 0.05) is 17.3 Å². The fourth-order valence-corrected chi connectivity index (χ4v) is 3.87. The number of benzene rings is 1. The highest BCUT2D eigenvalue weighted by Crippen LogP contribution is 2.31.